The summed E-state index contributed by atoms with van der Waals surface area (Å²) in [6.45, 7) is 3.28. The summed E-state index contributed by atoms with van der Waals surface area (Å²) in [6, 6.07) is -0.770. The maximum absolute atomic E-state index is 12.6. The maximum Gasteiger partial charge on any atom is 0.391 e. The van der Waals surface area contributed by atoms with Gasteiger partial charge in [-0.05, 0) is 13.8 Å². The van der Waals surface area contributed by atoms with E-state index < -0.39 is 18.6 Å². The minimum Gasteiger partial charge on any atom is -0.309 e. The Hall–Kier alpha value is -1.24. The summed E-state index contributed by atoms with van der Waals surface area (Å²) in [5, 5.41) is 4.17. The largest absolute Gasteiger partial charge is 0.391 e. The van der Waals surface area contributed by atoms with Gasteiger partial charge in [0.2, 0.25) is 0 Å². The fourth-order valence-electron chi connectivity index (χ4n) is 2.32. The van der Waals surface area contributed by atoms with Crippen molar-refractivity contribution < 1.29 is 13.2 Å². The summed E-state index contributed by atoms with van der Waals surface area (Å²) >= 11 is 5.79. The Balaban J connectivity index is 2.57. The van der Waals surface area contributed by atoms with Gasteiger partial charge in [0.05, 0.1) is 18.0 Å². The second-order valence-corrected chi connectivity index (χ2v) is 4.85. The average Bonchev–Trinajstić information content (AvgIpc) is 2.75. The molecule has 0 fully saturated rings. The summed E-state index contributed by atoms with van der Waals surface area (Å²) in [5.74, 6) is 0.501. The number of nitrogens with zero attached hydrogens (tertiary/aromatic N) is 4. The predicted octanol–water partition coefficient (Wildman–Crippen LogP) is 3.33. The van der Waals surface area contributed by atoms with Crippen molar-refractivity contribution in [1.82, 2.24) is 19.3 Å². The summed E-state index contributed by atoms with van der Waals surface area (Å²) in [5.41, 5.74) is 1.86. The fourth-order valence-corrected chi connectivity index (χ4v) is 2.51. The van der Waals surface area contributed by atoms with Gasteiger partial charge in [-0.15, -0.1) is 11.6 Å². The van der Waals surface area contributed by atoms with E-state index in [1.165, 1.54) is 11.5 Å². The van der Waals surface area contributed by atoms with Gasteiger partial charge in [-0.1, -0.05) is 0 Å². The maximum atomic E-state index is 12.6. The zero-order valence-corrected chi connectivity index (χ0v) is 11.5. The molecule has 0 bridgehead atoms. The van der Waals surface area contributed by atoms with Crippen molar-refractivity contribution in [2.24, 2.45) is 7.05 Å². The molecule has 0 amide bonds. The summed E-state index contributed by atoms with van der Waals surface area (Å²) < 4.78 is 40.7. The molecule has 8 heteroatoms. The van der Waals surface area contributed by atoms with Crippen LogP contribution < -0.4 is 0 Å². The van der Waals surface area contributed by atoms with Crippen molar-refractivity contribution in [1.29, 1.82) is 0 Å². The molecular formula is C11H14ClF3N4. The standard InChI is InChI=1S/C11H14ClF3N4/c1-6(4-11(13,14)15)19-8(5-12)16-9-7(2)17-18(3)10(9)19/h6H,4-5H2,1-3H3. The van der Waals surface area contributed by atoms with Gasteiger partial charge in [0.1, 0.15) is 11.3 Å². The van der Waals surface area contributed by atoms with Crippen LogP contribution in [0.4, 0.5) is 13.2 Å². The molecular weight excluding hydrogens is 281 g/mol. The van der Waals surface area contributed by atoms with E-state index in [9.17, 15) is 13.2 Å². The second-order valence-electron chi connectivity index (χ2n) is 4.58. The molecule has 1 unspecified atom stereocenters. The molecule has 0 N–H and O–H groups in total. The number of rotatable bonds is 3. The van der Waals surface area contributed by atoms with E-state index in [-0.39, 0.29) is 5.88 Å². The Bertz CT molecular complexity index is 599. The van der Waals surface area contributed by atoms with Crippen LogP contribution in [-0.4, -0.2) is 25.5 Å². The summed E-state index contributed by atoms with van der Waals surface area (Å²) in [4.78, 5) is 4.28. The molecule has 4 nitrogen and oxygen atoms in total. The average molecular weight is 295 g/mol. The van der Waals surface area contributed by atoms with E-state index in [4.69, 9.17) is 11.6 Å². The highest BCUT2D eigenvalue weighted by atomic mass is 35.5. The van der Waals surface area contributed by atoms with Crippen molar-refractivity contribution in [3.63, 3.8) is 0 Å². The number of hydrogen-bond donors (Lipinski definition) is 0. The molecule has 0 aliphatic rings. The number of alkyl halides is 4. The predicted molar refractivity (Wildman–Crippen MR) is 66.2 cm³/mol. The lowest BCUT2D eigenvalue weighted by Gasteiger charge is -2.18. The van der Waals surface area contributed by atoms with Gasteiger partial charge in [-0.25, -0.2) is 4.98 Å². The van der Waals surface area contributed by atoms with E-state index in [0.29, 0.717) is 22.7 Å². The van der Waals surface area contributed by atoms with Crippen molar-refractivity contribution >= 4 is 22.8 Å². The number of fused-ring (bicyclic) bond motifs is 1. The minimum absolute atomic E-state index is 0.0658. The van der Waals surface area contributed by atoms with Crippen LogP contribution in [0.2, 0.25) is 0 Å². The van der Waals surface area contributed by atoms with Gasteiger partial charge in [-0.2, -0.15) is 18.3 Å². The van der Waals surface area contributed by atoms with Crippen LogP contribution >= 0.6 is 11.6 Å². The first-order chi connectivity index (χ1) is 8.74. The molecule has 2 aromatic heterocycles. The smallest absolute Gasteiger partial charge is 0.309 e. The van der Waals surface area contributed by atoms with Gasteiger partial charge in [0.25, 0.3) is 0 Å². The van der Waals surface area contributed by atoms with E-state index in [1.807, 2.05) is 0 Å². The second kappa shape index (κ2) is 4.70. The zero-order chi connectivity index (χ0) is 14.4. The molecule has 0 radical (unpaired) electrons. The monoisotopic (exact) mass is 294 g/mol. The zero-order valence-electron chi connectivity index (χ0n) is 10.8. The van der Waals surface area contributed by atoms with Gasteiger partial charge in [0.15, 0.2) is 5.65 Å². The molecule has 106 valence electrons. The van der Waals surface area contributed by atoms with Crippen molar-refractivity contribution in [3.8, 4) is 0 Å². The first-order valence-electron chi connectivity index (χ1n) is 5.77. The van der Waals surface area contributed by atoms with Crippen molar-refractivity contribution in [2.45, 2.75) is 38.4 Å². The molecule has 0 aliphatic heterocycles. The lowest BCUT2D eigenvalue weighted by atomic mass is 10.2. The first kappa shape index (κ1) is 14.2. The van der Waals surface area contributed by atoms with E-state index in [2.05, 4.69) is 10.1 Å². The molecule has 1 atom stereocenters. The third kappa shape index (κ3) is 2.56. The highest BCUT2D eigenvalue weighted by Gasteiger charge is 2.32. The number of imidazole rings is 1. The number of aromatic nitrogens is 4. The van der Waals surface area contributed by atoms with E-state index in [1.54, 1.807) is 18.7 Å². The Morgan fingerprint density at radius 3 is 2.53 bits per heavy atom. The van der Waals surface area contributed by atoms with Crippen LogP contribution in [0.3, 0.4) is 0 Å². The van der Waals surface area contributed by atoms with Crippen molar-refractivity contribution in [2.75, 3.05) is 0 Å². The Labute approximate surface area is 113 Å². The number of aryl methyl sites for hydroxylation is 2. The lowest BCUT2D eigenvalue weighted by Crippen LogP contribution is -2.19. The van der Waals surface area contributed by atoms with Gasteiger partial charge in [-0.3, -0.25) is 4.68 Å². The molecule has 0 saturated heterocycles. The normalized spacial score (nSPS) is 14.3. The molecule has 0 spiro atoms. The van der Waals surface area contributed by atoms with Crippen LogP contribution in [0.15, 0.2) is 0 Å². The molecule has 0 aromatic carbocycles. The quantitative estimate of drug-likeness (QED) is 0.814. The fraction of sp³-hybridized carbons (Fsp3) is 0.636. The van der Waals surface area contributed by atoms with Crippen LogP contribution in [0.1, 0.15) is 30.9 Å². The summed E-state index contributed by atoms with van der Waals surface area (Å²) in [6.07, 6.45) is -5.15. The van der Waals surface area contributed by atoms with Crippen molar-refractivity contribution in [3.05, 3.63) is 11.5 Å². The number of hydrogen-bond acceptors (Lipinski definition) is 2. The molecule has 2 aromatic rings. The minimum atomic E-state index is -4.23. The van der Waals surface area contributed by atoms with E-state index in [0.717, 1.165) is 0 Å². The molecule has 0 aliphatic carbocycles. The number of halogens is 4. The Kier molecular flexibility index (Phi) is 3.51. The van der Waals surface area contributed by atoms with Gasteiger partial charge in [0, 0.05) is 13.1 Å². The van der Waals surface area contributed by atoms with Crippen LogP contribution in [0.25, 0.3) is 11.2 Å². The molecule has 0 saturated carbocycles. The summed E-state index contributed by atoms with van der Waals surface area (Å²) in [7, 11) is 1.69. The highest BCUT2D eigenvalue weighted by molar-refractivity contribution is 6.16. The first-order valence-corrected chi connectivity index (χ1v) is 6.31. The third-order valence-corrected chi connectivity index (χ3v) is 3.23. The van der Waals surface area contributed by atoms with E-state index >= 15 is 0 Å². The molecule has 19 heavy (non-hydrogen) atoms. The van der Waals surface area contributed by atoms with Crippen LogP contribution in [0.5, 0.6) is 0 Å². The molecule has 2 rings (SSSR count). The third-order valence-electron chi connectivity index (χ3n) is 3.00. The molecule has 2 heterocycles. The highest BCUT2D eigenvalue weighted by Crippen LogP contribution is 2.31. The Morgan fingerprint density at radius 2 is 2.00 bits per heavy atom. The topological polar surface area (TPSA) is 35.6 Å². The Morgan fingerprint density at radius 1 is 1.37 bits per heavy atom. The van der Waals surface area contributed by atoms with Crippen LogP contribution in [-0.2, 0) is 12.9 Å². The van der Waals surface area contributed by atoms with Gasteiger partial charge >= 0.3 is 6.18 Å². The SMILES string of the molecule is Cc1nn(C)c2c1nc(CCl)n2C(C)CC(F)(F)F. The van der Waals surface area contributed by atoms with Crippen LogP contribution in [0, 0.1) is 6.92 Å². The van der Waals surface area contributed by atoms with Gasteiger partial charge < -0.3 is 4.57 Å². The lowest BCUT2D eigenvalue weighted by molar-refractivity contribution is -0.141.